The van der Waals surface area contributed by atoms with Gasteiger partial charge in [0.2, 0.25) is 0 Å². The van der Waals surface area contributed by atoms with Gasteiger partial charge in [0.15, 0.2) is 0 Å². The largest absolute Gasteiger partial charge is 0.490 e. The van der Waals surface area contributed by atoms with Gasteiger partial charge in [0, 0.05) is 13.7 Å². The Kier molecular flexibility index (Phi) is 5.63. The van der Waals surface area contributed by atoms with Gasteiger partial charge in [-0.2, -0.15) is 13.2 Å². The highest BCUT2D eigenvalue weighted by Gasteiger charge is 2.30. The summed E-state index contributed by atoms with van der Waals surface area (Å²) >= 11 is 0. The molecule has 1 aliphatic heterocycles. The molecule has 1 N–H and O–H groups in total. The van der Waals surface area contributed by atoms with E-state index in [1.54, 1.807) is 7.11 Å². The molecule has 0 spiro atoms. The number of nitrogens with one attached hydrogen (secondary N) is 1. The fourth-order valence-corrected chi connectivity index (χ4v) is 3.43. The molecule has 0 saturated heterocycles. The lowest BCUT2D eigenvalue weighted by Crippen LogP contribution is -2.20. The lowest BCUT2D eigenvalue weighted by atomic mass is 9.98. The van der Waals surface area contributed by atoms with Crippen molar-refractivity contribution >= 4 is 16.6 Å². The van der Waals surface area contributed by atoms with E-state index >= 15 is 0 Å². The molecule has 0 aromatic heterocycles. The van der Waals surface area contributed by atoms with Crippen LogP contribution in [0.25, 0.3) is 21.9 Å². The van der Waals surface area contributed by atoms with E-state index in [1.165, 1.54) is 12.1 Å². The average molecular weight is 414 g/mol. The van der Waals surface area contributed by atoms with Crippen molar-refractivity contribution in [3.05, 3.63) is 65.7 Å². The zero-order valence-corrected chi connectivity index (χ0v) is 16.4. The lowest BCUT2D eigenvalue weighted by molar-refractivity contribution is -0.137. The summed E-state index contributed by atoms with van der Waals surface area (Å²) < 4.78 is 49.5. The van der Waals surface area contributed by atoms with Gasteiger partial charge in [0.25, 0.3) is 0 Å². The van der Waals surface area contributed by atoms with Crippen LogP contribution in [0.5, 0.6) is 5.75 Å². The Morgan fingerprint density at radius 3 is 2.37 bits per heavy atom. The van der Waals surface area contributed by atoms with Crippen molar-refractivity contribution in [3.63, 3.8) is 0 Å². The molecular weight excluding hydrogens is 393 g/mol. The minimum atomic E-state index is -4.34. The standard InChI is InChI=1S/C23H21F3N2O2/c1-29-10-11-30-21-14-17-3-2-16(15-4-6-19(7-5-15)23(24,25)26)12-18(17)13-20(21)22-27-8-9-28-22/h2-7,12-14H,8-11H2,1H3,(H,27,28). The third-order valence-electron chi connectivity index (χ3n) is 4.96. The molecule has 0 atom stereocenters. The summed E-state index contributed by atoms with van der Waals surface area (Å²) in [6.45, 7) is 2.38. The molecule has 4 rings (SSSR count). The first-order valence-electron chi connectivity index (χ1n) is 9.61. The van der Waals surface area contributed by atoms with Gasteiger partial charge in [0.05, 0.1) is 24.3 Å². The number of rotatable bonds is 6. The highest BCUT2D eigenvalue weighted by Crippen LogP contribution is 2.33. The molecule has 0 radical (unpaired) electrons. The molecular formula is C23H21F3N2O2. The van der Waals surface area contributed by atoms with Crippen molar-refractivity contribution in [2.24, 2.45) is 4.99 Å². The van der Waals surface area contributed by atoms with Gasteiger partial charge in [-0.05, 0) is 52.2 Å². The molecule has 0 unspecified atom stereocenters. The minimum absolute atomic E-state index is 0.423. The summed E-state index contributed by atoms with van der Waals surface area (Å²) in [5, 5.41) is 5.20. The number of ether oxygens (including phenoxy) is 2. The van der Waals surface area contributed by atoms with Gasteiger partial charge in [-0.25, -0.2) is 0 Å². The zero-order chi connectivity index (χ0) is 21.1. The molecule has 4 nitrogen and oxygen atoms in total. The average Bonchev–Trinajstić information content (AvgIpc) is 3.27. The molecule has 3 aromatic rings. The molecule has 30 heavy (non-hydrogen) atoms. The highest BCUT2D eigenvalue weighted by molar-refractivity contribution is 6.06. The Hall–Kier alpha value is -3.06. The Morgan fingerprint density at radius 1 is 0.933 bits per heavy atom. The van der Waals surface area contributed by atoms with Crippen LogP contribution < -0.4 is 10.1 Å². The van der Waals surface area contributed by atoms with Crippen LogP contribution in [0.15, 0.2) is 59.6 Å². The molecule has 3 aromatic carbocycles. The molecule has 1 aliphatic rings. The normalized spacial score (nSPS) is 13.9. The maximum absolute atomic E-state index is 12.8. The molecule has 0 saturated carbocycles. The van der Waals surface area contributed by atoms with E-state index in [1.807, 2.05) is 30.3 Å². The van der Waals surface area contributed by atoms with Gasteiger partial charge in [-0.3, -0.25) is 4.99 Å². The number of methoxy groups -OCH3 is 1. The number of amidine groups is 1. The number of benzene rings is 3. The second-order valence-corrected chi connectivity index (χ2v) is 6.98. The summed E-state index contributed by atoms with van der Waals surface area (Å²) in [4.78, 5) is 4.50. The van der Waals surface area contributed by atoms with Crippen LogP contribution in [0, 0.1) is 0 Å². The molecule has 0 aliphatic carbocycles. The first kappa shape index (κ1) is 20.2. The Bertz CT molecular complexity index is 1080. The third kappa shape index (κ3) is 4.26. The molecule has 156 valence electrons. The smallest absolute Gasteiger partial charge is 0.416 e. The van der Waals surface area contributed by atoms with Crippen molar-refractivity contribution in [1.82, 2.24) is 5.32 Å². The van der Waals surface area contributed by atoms with Crippen molar-refractivity contribution in [1.29, 1.82) is 0 Å². The molecule has 7 heteroatoms. The second kappa shape index (κ2) is 8.36. The first-order valence-corrected chi connectivity index (χ1v) is 9.61. The summed E-state index contributed by atoms with van der Waals surface area (Å²) in [5.74, 6) is 1.50. The monoisotopic (exact) mass is 414 g/mol. The number of fused-ring (bicyclic) bond motifs is 1. The van der Waals surface area contributed by atoms with E-state index in [0.717, 1.165) is 57.7 Å². The summed E-state index contributed by atoms with van der Waals surface area (Å²) in [5.41, 5.74) is 1.78. The van der Waals surface area contributed by atoms with Crippen LogP contribution in [0.1, 0.15) is 11.1 Å². The number of hydrogen-bond donors (Lipinski definition) is 1. The van der Waals surface area contributed by atoms with E-state index in [-0.39, 0.29) is 0 Å². The van der Waals surface area contributed by atoms with E-state index in [0.29, 0.717) is 19.8 Å². The maximum Gasteiger partial charge on any atom is 0.416 e. The van der Waals surface area contributed by atoms with E-state index in [9.17, 15) is 13.2 Å². The summed E-state index contributed by atoms with van der Waals surface area (Å²) in [6.07, 6.45) is -4.34. The fraction of sp³-hybridized carbons (Fsp3) is 0.261. The van der Waals surface area contributed by atoms with Crippen molar-refractivity contribution in [2.45, 2.75) is 6.18 Å². The van der Waals surface area contributed by atoms with Gasteiger partial charge in [0.1, 0.15) is 18.2 Å². The van der Waals surface area contributed by atoms with E-state index in [4.69, 9.17) is 9.47 Å². The molecule has 0 fully saturated rings. The SMILES string of the molecule is COCCOc1cc2ccc(-c3ccc(C(F)(F)F)cc3)cc2cc1C1=NCCN1. The number of hydrogen-bond acceptors (Lipinski definition) is 4. The van der Waals surface area contributed by atoms with Gasteiger partial charge < -0.3 is 14.8 Å². The number of alkyl halides is 3. The molecule has 0 amide bonds. The van der Waals surface area contributed by atoms with E-state index in [2.05, 4.69) is 10.3 Å². The van der Waals surface area contributed by atoms with Crippen molar-refractivity contribution in [2.75, 3.05) is 33.4 Å². The zero-order valence-electron chi connectivity index (χ0n) is 16.4. The Morgan fingerprint density at radius 2 is 1.70 bits per heavy atom. The van der Waals surface area contributed by atoms with Crippen LogP contribution in [-0.4, -0.2) is 39.2 Å². The first-order chi connectivity index (χ1) is 14.5. The minimum Gasteiger partial charge on any atom is -0.490 e. The van der Waals surface area contributed by atoms with Crippen molar-refractivity contribution < 1.29 is 22.6 Å². The Balaban J connectivity index is 1.72. The summed E-state index contributed by atoms with van der Waals surface area (Å²) in [6, 6.07) is 15.0. The molecule has 1 heterocycles. The van der Waals surface area contributed by atoms with Crippen LogP contribution in [0.4, 0.5) is 13.2 Å². The highest BCUT2D eigenvalue weighted by atomic mass is 19.4. The van der Waals surface area contributed by atoms with Crippen LogP contribution >= 0.6 is 0 Å². The quantitative estimate of drug-likeness (QED) is 0.584. The van der Waals surface area contributed by atoms with Crippen molar-refractivity contribution in [3.8, 4) is 16.9 Å². The predicted molar refractivity (Wildman–Crippen MR) is 111 cm³/mol. The van der Waals surface area contributed by atoms with Gasteiger partial charge in [-0.1, -0.05) is 24.3 Å². The van der Waals surface area contributed by atoms with Gasteiger partial charge >= 0.3 is 6.18 Å². The third-order valence-corrected chi connectivity index (χ3v) is 4.96. The predicted octanol–water partition coefficient (Wildman–Crippen LogP) is 4.90. The number of aliphatic imine (C=N–C) groups is 1. The fourth-order valence-electron chi connectivity index (χ4n) is 3.43. The van der Waals surface area contributed by atoms with Crippen LogP contribution in [-0.2, 0) is 10.9 Å². The Labute approximate surface area is 172 Å². The van der Waals surface area contributed by atoms with Crippen LogP contribution in [0.2, 0.25) is 0 Å². The molecule has 0 bridgehead atoms. The number of halogens is 3. The van der Waals surface area contributed by atoms with E-state index < -0.39 is 11.7 Å². The summed E-state index contributed by atoms with van der Waals surface area (Å²) in [7, 11) is 1.62. The van der Waals surface area contributed by atoms with Crippen LogP contribution in [0.3, 0.4) is 0 Å². The second-order valence-electron chi connectivity index (χ2n) is 6.98. The number of nitrogens with zero attached hydrogens (tertiary/aromatic N) is 1. The lowest BCUT2D eigenvalue weighted by Gasteiger charge is -2.14. The topological polar surface area (TPSA) is 42.9 Å². The van der Waals surface area contributed by atoms with Gasteiger partial charge in [-0.15, -0.1) is 0 Å². The maximum atomic E-state index is 12.8.